The van der Waals surface area contributed by atoms with Gasteiger partial charge in [-0.1, -0.05) is 22.0 Å². The summed E-state index contributed by atoms with van der Waals surface area (Å²) in [6.07, 6.45) is 1.84. The third-order valence-electron chi connectivity index (χ3n) is 2.79. The highest BCUT2D eigenvalue weighted by molar-refractivity contribution is 9.10. The van der Waals surface area contributed by atoms with E-state index in [1.54, 1.807) is 30.3 Å². The van der Waals surface area contributed by atoms with Crippen LogP contribution in [0.5, 0.6) is 0 Å². The van der Waals surface area contributed by atoms with Crippen LogP contribution in [0.4, 0.5) is 0 Å². The number of thiophene rings is 1. The van der Waals surface area contributed by atoms with Gasteiger partial charge >= 0.3 is 0 Å². The zero-order valence-electron chi connectivity index (χ0n) is 12.3. The van der Waals surface area contributed by atoms with Gasteiger partial charge in [0.1, 0.15) is 15.6 Å². The van der Waals surface area contributed by atoms with Gasteiger partial charge < -0.3 is 5.73 Å². The van der Waals surface area contributed by atoms with Crippen molar-refractivity contribution in [1.29, 1.82) is 5.41 Å². The molecule has 2 rings (SSSR count). The first-order valence-corrected chi connectivity index (χ1v) is 10.7. The van der Waals surface area contributed by atoms with Gasteiger partial charge in [0.2, 0.25) is 0 Å². The molecule has 1 unspecified atom stereocenters. The Morgan fingerprint density at radius 2 is 2.13 bits per heavy atom. The standard InChI is InChI=1S/C14H14BrN3O2S3/c1-8(19)18-23(20,10-5-3-4-9(15)6-10)12-7-11(13(16)17)22-14(12)21-2/h3-7H,1-2H3,(H3,16,17). The van der Waals surface area contributed by atoms with Crippen LogP contribution in [-0.2, 0) is 14.5 Å². The number of halogens is 1. The largest absolute Gasteiger partial charge is 0.383 e. The molecule has 1 aromatic carbocycles. The third kappa shape index (κ3) is 3.85. The third-order valence-corrected chi connectivity index (χ3v) is 8.17. The highest BCUT2D eigenvalue weighted by atomic mass is 79.9. The molecule has 2 aromatic rings. The molecule has 0 saturated carbocycles. The van der Waals surface area contributed by atoms with E-state index in [2.05, 4.69) is 20.3 Å². The molecule has 0 aliphatic rings. The fraction of sp³-hybridized carbons (Fsp3) is 0.143. The van der Waals surface area contributed by atoms with Crippen molar-refractivity contribution >= 4 is 60.5 Å². The van der Waals surface area contributed by atoms with Crippen LogP contribution >= 0.6 is 39.0 Å². The lowest BCUT2D eigenvalue weighted by Gasteiger charge is -2.10. The molecule has 0 saturated heterocycles. The van der Waals surface area contributed by atoms with Crippen molar-refractivity contribution in [3.05, 3.63) is 39.7 Å². The van der Waals surface area contributed by atoms with Crippen LogP contribution in [0.1, 0.15) is 11.8 Å². The van der Waals surface area contributed by atoms with E-state index in [4.69, 9.17) is 11.1 Å². The number of nitrogens with two attached hydrogens (primary N) is 1. The summed E-state index contributed by atoms with van der Waals surface area (Å²) < 4.78 is 19.0. The maximum absolute atomic E-state index is 13.6. The summed E-state index contributed by atoms with van der Waals surface area (Å²) in [5, 5.41) is 7.59. The first-order valence-electron chi connectivity index (χ1n) is 6.33. The van der Waals surface area contributed by atoms with Crippen molar-refractivity contribution < 1.29 is 9.00 Å². The number of amidine groups is 1. The molecular weight excluding hydrogens is 418 g/mol. The molecule has 0 fully saturated rings. The second kappa shape index (κ2) is 7.16. The lowest BCUT2D eigenvalue weighted by molar-refractivity contribution is -0.115. The van der Waals surface area contributed by atoms with Crippen LogP contribution in [-0.4, -0.2) is 22.2 Å². The number of hydrogen-bond donors (Lipinski definition) is 2. The van der Waals surface area contributed by atoms with Crippen LogP contribution in [0.2, 0.25) is 0 Å². The molecular formula is C14H14BrN3O2S3. The average Bonchev–Trinajstić information content (AvgIpc) is 2.91. The van der Waals surface area contributed by atoms with Crippen molar-refractivity contribution in [2.24, 2.45) is 10.1 Å². The van der Waals surface area contributed by atoms with Crippen LogP contribution < -0.4 is 5.73 Å². The van der Waals surface area contributed by atoms with E-state index in [0.29, 0.717) is 14.7 Å². The fourth-order valence-corrected chi connectivity index (χ4v) is 6.93. The van der Waals surface area contributed by atoms with Crippen molar-refractivity contribution in [3.63, 3.8) is 0 Å². The van der Waals surface area contributed by atoms with Crippen LogP contribution in [0, 0.1) is 5.41 Å². The zero-order chi connectivity index (χ0) is 17.2. The summed E-state index contributed by atoms with van der Waals surface area (Å²) in [4.78, 5) is 13.0. The van der Waals surface area contributed by atoms with E-state index >= 15 is 0 Å². The highest BCUT2D eigenvalue weighted by Crippen LogP contribution is 2.38. The smallest absolute Gasteiger partial charge is 0.251 e. The number of carbonyl (C=O) groups excluding carboxylic acids is 1. The molecule has 1 amide bonds. The average molecular weight is 432 g/mol. The number of thioether (sulfide) groups is 1. The maximum atomic E-state index is 13.6. The monoisotopic (exact) mass is 431 g/mol. The van der Waals surface area contributed by atoms with Gasteiger partial charge in [-0.15, -0.1) is 23.1 Å². The fourth-order valence-electron chi connectivity index (χ4n) is 1.87. The Balaban J connectivity index is 2.83. The molecule has 0 aliphatic carbocycles. The highest BCUT2D eigenvalue weighted by Gasteiger charge is 2.24. The number of nitrogens with one attached hydrogen (secondary N) is 1. The van der Waals surface area contributed by atoms with Crippen molar-refractivity contribution in [2.45, 2.75) is 20.9 Å². The minimum Gasteiger partial charge on any atom is -0.383 e. The second-order valence-electron chi connectivity index (χ2n) is 4.47. The van der Waals surface area contributed by atoms with Gasteiger partial charge in [0.05, 0.1) is 18.9 Å². The van der Waals surface area contributed by atoms with Crippen molar-refractivity contribution in [2.75, 3.05) is 6.26 Å². The SMILES string of the molecule is CSc1sc(C(=N)N)cc1S(=O)(=NC(C)=O)c1cccc(Br)c1. The molecule has 0 radical (unpaired) electrons. The molecule has 1 heterocycles. The lowest BCUT2D eigenvalue weighted by Crippen LogP contribution is -2.09. The van der Waals surface area contributed by atoms with E-state index in [-0.39, 0.29) is 5.84 Å². The van der Waals surface area contributed by atoms with Crippen molar-refractivity contribution in [3.8, 4) is 0 Å². The second-order valence-corrected chi connectivity index (χ2v) is 9.66. The van der Waals surface area contributed by atoms with Gasteiger partial charge in [0.15, 0.2) is 0 Å². The van der Waals surface area contributed by atoms with E-state index in [0.717, 1.165) is 8.68 Å². The summed E-state index contributed by atoms with van der Waals surface area (Å²) in [7, 11) is -3.14. The summed E-state index contributed by atoms with van der Waals surface area (Å²) in [6, 6.07) is 8.50. The van der Waals surface area contributed by atoms with Gasteiger partial charge in [0, 0.05) is 11.4 Å². The van der Waals surface area contributed by atoms with Crippen LogP contribution in [0.3, 0.4) is 0 Å². The van der Waals surface area contributed by atoms with Crippen LogP contribution in [0.25, 0.3) is 0 Å². The molecule has 3 N–H and O–H groups in total. The first-order chi connectivity index (χ1) is 10.8. The maximum Gasteiger partial charge on any atom is 0.251 e. The lowest BCUT2D eigenvalue weighted by atomic mass is 10.4. The number of benzene rings is 1. The number of nitrogen functional groups attached to an aromatic ring is 1. The molecule has 1 aromatic heterocycles. The Kier molecular flexibility index (Phi) is 5.66. The number of rotatable bonds is 4. The van der Waals surface area contributed by atoms with Gasteiger partial charge in [-0.25, -0.2) is 4.21 Å². The molecule has 122 valence electrons. The molecule has 1 atom stereocenters. The Labute approximate surface area is 151 Å². The number of nitrogens with zero attached hydrogens (tertiary/aromatic N) is 1. The van der Waals surface area contributed by atoms with Crippen LogP contribution in [0.15, 0.2) is 53.2 Å². The number of carbonyl (C=O) groups is 1. The normalized spacial score (nSPS) is 13.3. The van der Waals surface area contributed by atoms with Gasteiger partial charge in [-0.3, -0.25) is 10.2 Å². The van der Waals surface area contributed by atoms with E-state index in [1.807, 2.05) is 6.26 Å². The first kappa shape index (κ1) is 18.2. The Morgan fingerprint density at radius 1 is 1.43 bits per heavy atom. The molecule has 23 heavy (non-hydrogen) atoms. The molecule has 0 bridgehead atoms. The van der Waals surface area contributed by atoms with E-state index in [1.165, 1.54) is 30.0 Å². The van der Waals surface area contributed by atoms with Gasteiger partial charge in [0.25, 0.3) is 5.91 Å². The summed E-state index contributed by atoms with van der Waals surface area (Å²) in [5.74, 6) is -0.618. The Bertz CT molecular complexity index is 898. The molecule has 0 aliphatic heterocycles. The quantitative estimate of drug-likeness (QED) is 0.434. The summed E-state index contributed by atoms with van der Waals surface area (Å²) in [5.41, 5.74) is 5.54. The number of amides is 1. The Hall–Kier alpha value is -1.16. The minimum atomic E-state index is -3.14. The predicted octanol–water partition coefficient (Wildman–Crippen LogP) is 3.95. The van der Waals surface area contributed by atoms with Crippen molar-refractivity contribution in [1.82, 2.24) is 0 Å². The summed E-state index contributed by atoms with van der Waals surface area (Å²) >= 11 is 6.01. The molecule has 0 spiro atoms. The topological polar surface area (TPSA) is 96.4 Å². The molecule has 5 nitrogen and oxygen atoms in total. The predicted molar refractivity (Wildman–Crippen MR) is 99.0 cm³/mol. The van der Waals surface area contributed by atoms with E-state index < -0.39 is 15.6 Å². The zero-order valence-corrected chi connectivity index (χ0v) is 16.4. The molecule has 9 heteroatoms. The number of hydrogen-bond acceptors (Lipinski definition) is 5. The summed E-state index contributed by atoms with van der Waals surface area (Å²) in [6.45, 7) is 1.27. The Morgan fingerprint density at radius 3 is 2.65 bits per heavy atom. The van der Waals surface area contributed by atoms with Gasteiger partial charge in [-0.2, -0.15) is 4.36 Å². The minimum absolute atomic E-state index is 0.102. The van der Waals surface area contributed by atoms with Gasteiger partial charge in [-0.05, 0) is 30.5 Å². The van der Waals surface area contributed by atoms with E-state index in [9.17, 15) is 9.00 Å².